The number of pyridine rings is 1. The highest BCUT2D eigenvalue weighted by molar-refractivity contribution is 5.84. The number of hydrogen-bond donors (Lipinski definition) is 0. The van der Waals surface area contributed by atoms with Crippen LogP contribution < -0.4 is 9.64 Å². The van der Waals surface area contributed by atoms with Crippen LogP contribution in [0.5, 0.6) is 5.75 Å². The Morgan fingerprint density at radius 1 is 1.09 bits per heavy atom. The molecule has 22 heavy (non-hydrogen) atoms. The van der Waals surface area contributed by atoms with Crippen LogP contribution in [0.15, 0.2) is 48.5 Å². The largest absolute Gasteiger partial charge is 0.497 e. The Balaban J connectivity index is 1.83. The van der Waals surface area contributed by atoms with E-state index in [1.807, 2.05) is 12.1 Å². The molecule has 0 saturated carbocycles. The van der Waals surface area contributed by atoms with Crippen LogP contribution in [0.1, 0.15) is 11.1 Å². The van der Waals surface area contributed by atoms with Gasteiger partial charge >= 0.3 is 0 Å². The third-order valence-corrected chi connectivity index (χ3v) is 4.25. The minimum absolute atomic E-state index is 0.877. The Kier molecular flexibility index (Phi) is 3.00. The summed E-state index contributed by atoms with van der Waals surface area (Å²) in [6.07, 6.45) is 1.03. The van der Waals surface area contributed by atoms with Gasteiger partial charge in [0.15, 0.2) is 0 Å². The molecule has 0 spiro atoms. The van der Waals surface area contributed by atoms with Gasteiger partial charge in [-0.1, -0.05) is 18.2 Å². The van der Waals surface area contributed by atoms with Crippen molar-refractivity contribution in [2.45, 2.75) is 13.3 Å². The van der Waals surface area contributed by atoms with Crippen molar-refractivity contribution in [3.05, 3.63) is 59.7 Å². The molecule has 0 bridgehead atoms. The summed E-state index contributed by atoms with van der Waals surface area (Å²) in [4.78, 5) is 7.19. The van der Waals surface area contributed by atoms with Gasteiger partial charge in [-0.15, -0.1) is 0 Å². The van der Waals surface area contributed by atoms with E-state index in [0.29, 0.717) is 0 Å². The third-order valence-electron chi connectivity index (χ3n) is 4.25. The zero-order valence-corrected chi connectivity index (χ0v) is 12.8. The number of hydrogen-bond acceptors (Lipinski definition) is 3. The fraction of sp³-hybridized carbons (Fsp3) is 0.211. The average Bonchev–Trinajstić information content (AvgIpc) is 2.95. The zero-order valence-electron chi connectivity index (χ0n) is 12.8. The van der Waals surface area contributed by atoms with E-state index in [1.165, 1.54) is 16.5 Å². The zero-order chi connectivity index (χ0) is 15.1. The van der Waals surface area contributed by atoms with Crippen molar-refractivity contribution in [1.82, 2.24) is 4.98 Å². The SMILES string of the molecule is COc1cccc(N2CCc3cc4ccc(C)cc4nc32)c1. The van der Waals surface area contributed by atoms with Crippen molar-refractivity contribution < 1.29 is 4.74 Å². The summed E-state index contributed by atoms with van der Waals surface area (Å²) in [7, 11) is 1.70. The molecule has 0 atom stereocenters. The van der Waals surface area contributed by atoms with E-state index in [9.17, 15) is 0 Å². The van der Waals surface area contributed by atoms with Crippen LogP contribution in [0, 0.1) is 6.92 Å². The van der Waals surface area contributed by atoms with Crippen LogP contribution in [-0.2, 0) is 6.42 Å². The predicted octanol–water partition coefficient (Wildman–Crippen LogP) is 4.25. The minimum Gasteiger partial charge on any atom is -0.497 e. The maximum absolute atomic E-state index is 5.34. The number of anilines is 2. The lowest BCUT2D eigenvalue weighted by Crippen LogP contribution is -2.14. The number of benzene rings is 2. The van der Waals surface area contributed by atoms with Crippen LogP contribution in [0.4, 0.5) is 11.5 Å². The van der Waals surface area contributed by atoms with Crippen molar-refractivity contribution >= 4 is 22.4 Å². The van der Waals surface area contributed by atoms with Gasteiger partial charge in [0.25, 0.3) is 0 Å². The fourth-order valence-corrected chi connectivity index (χ4v) is 3.10. The van der Waals surface area contributed by atoms with E-state index >= 15 is 0 Å². The lowest BCUT2D eigenvalue weighted by Gasteiger charge is -2.19. The van der Waals surface area contributed by atoms with Crippen LogP contribution >= 0.6 is 0 Å². The second-order valence-corrected chi connectivity index (χ2v) is 5.77. The van der Waals surface area contributed by atoms with Gasteiger partial charge in [0, 0.05) is 23.7 Å². The number of aromatic nitrogens is 1. The number of methoxy groups -OCH3 is 1. The van der Waals surface area contributed by atoms with E-state index < -0.39 is 0 Å². The molecule has 1 aliphatic heterocycles. The van der Waals surface area contributed by atoms with Crippen molar-refractivity contribution in [3.8, 4) is 5.75 Å². The summed E-state index contributed by atoms with van der Waals surface area (Å²) < 4.78 is 5.34. The molecule has 3 heteroatoms. The molecule has 0 unspecified atom stereocenters. The van der Waals surface area contributed by atoms with Gasteiger partial charge in [-0.25, -0.2) is 4.98 Å². The van der Waals surface area contributed by atoms with Crippen LogP contribution in [0.2, 0.25) is 0 Å². The molecule has 0 saturated heterocycles. The van der Waals surface area contributed by atoms with Crippen molar-refractivity contribution in [3.63, 3.8) is 0 Å². The van der Waals surface area contributed by atoms with Gasteiger partial charge in [-0.3, -0.25) is 0 Å². The van der Waals surface area contributed by atoms with Gasteiger partial charge in [0.2, 0.25) is 0 Å². The maximum atomic E-state index is 5.34. The summed E-state index contributed by atoms with van der Waals surface area (Å²) in [6, 6.07) is 16.9. The minimum atomic E-state index is 0.877. The molecule has 0 aliphatic carbocycles. The van der Waals surface area contributed by atoms with Crippen molar-refractivity contribution in [2.24, 2.45) is 0 Å². The average molecular weight is 290 g/mol. The molecule has 0 N–H and O–H groups in total. The van der Waals surface area contributed by atoms with Gasteiger partial charge < -0.3 is 9.64 Å². The Hall–Kier alpha value is -2.55. The van der Waals surface area contributed by atoms with E-state index in [2.05, 4.69) is 48.2 Å². The Morgan fingerprint density at radius 2 is 2.00 bits per heavy atom. The van der Waals surface area contributed by atoms with E-state index in [4.69, 9.17) is 9.72 Å². The Bertz CT molecular complexity index is 857. The topological polar surface area (TPSA) is 25.4 Å². The van der Waals surface area contributed by atoms with E-state index in [-0.39, 0.29) is 0 Å². The highest BCUT2D eigenvalue weighted by Crippen LogP contribution is 2.36. The quantitative estimate of drug-likeness (QED) is 0.705. The highest BCUT2D eigenvalue weighted by Gasteiger charge is 2.23. The molecule has 0 amide bonds. The fourth-order valence-electron chi connectivity index (χ4n) is 3.10. The Morgan fingerprint density at radius 3 is 2.86 bits per heavy atom. The second kappa shape index (κ2) is 5.02. The number of aryl methyl sites for hydroxylation is 1. The van der Waals surface area contributed by atoms with Gasteiger partial charge in [-0.05, 0) is 48.7 Å². The monoisotopic (exact) mass is 290 g/mol. The standard InChI is InChI=1S/C19H18N2O/c1-13-6-7-14-11-15-8-9-21(19(15)20-18(14)10-13)16-4-3-5-17(12-16)22-2/h3-7,10-12H,8-9H2,1-2H3. The number of rotatable bonds is 2. The van der Waals surface area contributed by atoms with Gasteiger partial charge in [0.1, 0.15) is 11.6 Å². The smallest absolute Gasteiger partial charge is 0.137 e. The molecular weight excluding hydrogens is 272 g/mol. The number of ether oxygens (including phenoxy) is 1. The molecule has 3 aromatic rings. The molecule has 1 aromatic heterocycles. The first-order valence-electron chi connectivity index (χ1n) is 7.56. The van der Waals surface area contributed by atoms with Crippen LogP contribution in [0.3, 0.4) is 0 Å². The molecule has 1 aliphatic rings. The summed E-state index contributed by atoms with van der Waals surface area (Å²) in [5.74, 6) is 1.95. The lowest BCUT2D eigenvalue weighted by molar-refractivity contribution is 0.415. The molecule has 0 radical (unpaired) electrons. The number of fused-ring (bicyclic) bond motifs is 2. The maximum Gasteiger partial charge on any atom is 0.137 e. The summed E-state index contributed by atoms with van der Waals surface area (Å²) >= 11 is 0. The number of nitrogens with zero attached hydrogens (tertiary/aromatic N) is 2. The summed E-state index contributed by atoms with van der Waals surface area (Å²) in [5, 5.41) is 1.22. The first-order valence-corrected chi connectivity index (χ1v) is 7.56. The molecule has 2 aromatic carbocycles. The highest BCUT2D eigenvalue weighted by atomic mass is 16.5. The van der Waals surface area contributed by atoms with Gasteiger partial charge in [-0.2, -0.15) is 0 Å². The first-order chi connectivity index (χ1) is 10.7. The van der Waals surface area contributed by atoms with Gasteiger partial charge in [0.05, 0.1) is 12.6 Å². The third kappa shape index (κ3) is 2.10. The molecule has 3 nitrogen and oxygen atoms in total. The molecular formula is C19H18N2O. The van der Waals surface area contributed by atoms with Crippen LogP contribution in [-0.4, -0.2) is 18.6 Å². The first kappa shape index (κ1) is 13.1. The Labute approximate surface area is 130 Å². The summed E-state index contributed by atoms with van der Waals surface area (Å²) in [6.45, 7) is 3.07. The van der Waals surface area contributed by atoms with E-state index in [0.717, 1.165) is 35.7 Å². The molecule has 110 valence electrons. The molecule has 0 fully saturated rings. The molecule has 4 rings (SSSR count). The van der Waals surface area contributed by atoms with Crippen molar-refractivity contribution in [1.29, 1.82) is 0 Å². The van der Waals surface area contributed by atoms with Crippen LogP contribution in [0.25, 0.3) is 10.9 Å². The normalized spacial score (nSPS) is 13.5. The lowest BCUT2D eigenvalue weighted by atomic mass is 10.1. The molecule has 2 heterocycles. The summed E-state index contributed by atoms with van der Waals surface area (Å²) in [5.41, 5.74) is 4.76. The van der Waals surface area contributed by atoms with Crippen molar-refractivity contribution in [2.75, 3.05) is 18.6 Å². The van der Waals surface area contributed by atoms with E-state index in [1.54, 1.807) is 7.11 Å². The second-order valence-electron chi connectivity index (χ2n) is 5.77. The predicted molar refractivity (Wildman–Crippen MR) is 90.2 cm³/mol.